The molecule has 2 amide bonds. The summed E-state index contributed by atoms with van der Waals surface area (Å²) in [6.45, 7) is 0. The Bertz CT molecular complexity index is 715. The van der Waals surface area contributed by atoms with Crippen LogP contribution >= 0.6 is 0 Å². The van der Waals surface area contributed by atoms with Gasteiger partial charge in [-0.25, -0.2) is 4.39 Å². The fourth-order valence-electron chi connectivity index (χ4n) is 2.44. The van der Waals surface area contributed by atoms with Crippen molar-refractivity contribution in [3.05, 3.63) is 59.9 Å². The van der Waals surface area contributed by atoms with Crippen LogP contribution in [0.15, 0.2) is 48.5 Å². The first kappa shape index (κ1) is 13.3. The van der Waals surface area contributed by atoms with Crippen LogP contribution in [-0.4, -0.2) is 11.8 Å². The van der Waals surface area contributed by atoms with E-state index in [4.69, 9.17) is 0 Å². The quantitative estimate of drug-likeness (QED) is 0.891. The number of rotatable bonds is 2. The predicted molar refractivity (Wildman–Crippen MR) is 77.5 cm³/mol. The van der Waals surface area contributed by atoms with E-state index in [2.05, 4.69) is 10.6 Å². The average Bonchev–Trinajstić information content (AvgIpc) is 2.46. The Morgan fingerprint density at radius 2 is 2.00 bits per heavy atom. The highest BCUT2D eigenvalue weighted by atomic mass is 19.1. The van der Waals surface area contributed by atoms with E-state index in [-0.39, 0.29) is 18.2 Å². The van der Waals surface area contributed by atoms with Crippen molar-refractivity contribution < 1.29 is 14.0 Å². The topological polar surface area (TPSA) is 58.2 Å². The Kier molecular flexibility index (Phi) is 3.39. The molecule has 1 atom stereocenters. The van der Waals surface area contributed by atoms with Crippen molar-refractivity contribution in [3.63, 3.8) is 0 Å². The highest BCUT2D eigenvalue weighted by Gasteiger charge is 2.30. The molecule has 0 aliphatic carbocycles. The summed E-state index contributed by atoms with van der Waals surface area (Å²) in [4.78, 5) is 24.1. The summed E-state index contributed by atoms with van der Waals surface area (Å²) in [5, 5.41) is 5.39. The molecular formula is C16H13FN2O2. The SMILES string of the molecule is O=C1C[C@@H](C(=O)Nc2cccc(F)c2)c2ccccc2N1. The van der Waals surface area contributed by atoms with Crippen molar-refractivity contribution in [2.24, 2.45) is 0 Å². The molecule has 21 heavy (non-hydrogen) atoms. The fourth-order valence-corrected chi connectivity index (χ4v) is 2.44. The van der Waals surface area contributed by atoms with Crippen LogP contribution in [0.1, 0.15) is 17.9 Å². The normalized spacial score (nSPS) is 16.8. The summed E-state index contributed by atoms with van der Waals surface area (Å²) in [5.74, 6) is -1.51. The molecule has 1 aliphatic rings. The van der Waals surface area contributed by atoms with Gasteiger partial charge in [-0.05, 0) is 29.8 Å². The van der Waals surface area contributed by atoms with E-state index >= 15 is 0 Å². The number of benzene rings is 2. The van der Waals surface area contributed by atoms with Gasteiger partial charge >= 0.3 is 0 Å². The number of anilines is 2. The van der Waals surface area contributed by atoms with Crippen molar-refractivity contribution in [1.82, 2.24) is 0 Å². The standard InChI is InChI=1S/C16H13FN2O2/c17-10-4-3-5-11(8-10)18-16(21)13-9-15(20)19-14-7-2-1-6-12(13)14/h1-8,13H,9H2,(H,18,21)(H,19,20)/t13-/m1/s1. The lowest BCUT2D eigenvalue weighted by Crippen LogP contribution is -2.30. The number of amides is 2. The number of para-hydroxylation sites is 1. The van der Waals surface area contributed by atoms with E-state index in [0.717, 1.165) is 5.56 Å². The third-order valence-corrected chi connectivity index (χ3v) is 3.41. The van der Waals surface area contributed by atoms with Crippen LogP contribution in [-0.2, 0) is 9.59 Å². The van der Waals surface area contributed by atoms with Gasteiger partial charge in [0.25, 0.3) is 0 Å². The van der Waals surface area contributed by atoms with E-state index in [1.54, 1.807) is 18.2 Å². The maximum Gasteiger partial charge on any atom is 0.232 e. The molecule has 0 fully saturated rings. The molecular weight excluding hydrogens is 271 g/mol. The molecule has 0 spiro atoms. The number of nitrogens with one attached hydrogen (secondary N) is 2. The van der Waals surface area contributed by atoms with Crippen molar-refractivity contribution in [1.29, 1.82) is 0 Å². The van der Waals surface area contributed by atoms with Gasteiger partial charge in [0.15, 0.2) is 0 Å². The number of fused-ring (bicyclic) bond motifs is 1. The van der Waals surface area contributed by atoms with Gasteiger partial charge in [-0.3, -0.25) is 9.59 Å². The lowest BCUT2D eigenvalue weighted by Gasteiger charge is -2.24. The molecule has 5 heteroatoms. The van der Waals surface area contributed by atoms with Gasteiger partial charge in [-0.1, -0.05) is 24.3 Å². The second-order valence-corrected chi connectivity index (χ2v) is 4.89. The van der Waals surface area contributed by atoms with Gasteiger partial charge in [0.05, 0.1) is 5.92 Å². The molecule has 0 aromatic heterocycles. The van der Waals surface area contributed by atoms with Crippen molar-refractivity contribution in [2.45, 2.75) is 12.3 Å². The van der Waals surface area contributed by atoms with E-state index in [9.17, 15) is 14.0 Å². The van der Waals surface area contributed by atoms with Crippen LogP contribution in [0.5, 0.6) is 0 Å². The lowest BCUT2D eigenvalue weighted by molar-refractivity contribution is -0.123. The van der Waals surface area contributed by atoms with Crippen molar-refractivity contribution >= 4 is 23.2 Å². The molecule has 0 unspecified atom stereocenters. The molecule has 2 aromatic rings. The van der Waals surface area contributed by atoms with Crippen LogP contribution in [0.25, 0.3) is 0 Å². The summed E-state index contributed by atoms with van der Waals surface area (Å²) in [7, 11) is 0. The maximum atomic E-state index is 13.1. The predicted octanol–water partition coefficient (Wildman–Crippen LogP) is 2.89. The Balaban J connectivity index is 1.86. The monoisotopic (exact) mass is 284 g/mol. The van der Waals surface area contributed by atoms with Gasteiger partial charge in [0, 0.05) is 17.8 Å². The largest absolute Gasteiger partial charge is 0.326 e. The minimum Gasteiger partial charge on any atom is -0.326 e. The first-order valence-corrected chi connectivity index (χ1v) is 6.59. The first-order valence-electron chi connectivity index (χ1n) is 6.59. The minimum absolute atomic E-state index is 0.0815. The second-order valence-electron chi connectivity index (χ2n) is 4.89. The van der Waals surface area contributed by atoms with Crippen molar-refractivity contribution in [3.8, 4) is 0 Å². The molecule has 3 rings (SSSR count). The van der Waals surface area contributed by atoms with Gasteiger partial charge in [0.2, 0.25) is 11.8 Å². The van der Waals surface area contributed by atoms with Crippen LogP contribution in [0.4, 0.5) is 15.8 Å². The highest BCUT2D eigenvalue weighted by Crippen LogP contribution is 2.32. The van der Waals surface area contributed by atoms with E-state index in [1.807, 2.05) is 12.1 Å². The number of carbonyl (C=O) groups excluding carboxylic acids is 2. The Morgan fingerprint density at radius 1 is 1.19 bits per heavy atom. The summed E-state index contributed by atoms with van der Waals surface area (Å²) in [6, 6.07) is 12.9. The van der Waals surface area contributed by atoms with Gasteiger partial charge in [-0.2, -0.15) is 0 Å². The van der Waals surface area contributed by atoms with E-state index in [1.165, 1.54) is 18.2 Å². The maximum absolute atomic E-state index is 13.1. The van der Waals surface area contributed by atoms with Crippen molar-refractivity contribution in [2.75, 3.05) is 10.6 Å². The molecule has 0 bridgehead atoms. The molecule has 1 heterocycles. The molecule has 0 saturated heterocycles. The summed E-state index contributed by atoms with van der Waals surface area (Å²) >= 11 is 0. The smallest absolute Gasteiger partial charge is 0.232 e. The summed E-state index contributed by atoms with van der Waals surface area (Å²) < 4.78 is 13.1. The minimum atomic E-state index is -0.571. The van der Waals surface area contributed by atoms with Crippen LogP contribution < -0.4 is 10.6 Å². The number of hydrogen-bond donors (Lipinski definition) is 2. The summed E-state index contributed by atoms with van der Waals surface area (Å²) in [5.41, 5.74) is 1.79. The molecule has 0 saturated carbocycles. The Morgan fingerprint density at radius 3 is 2.81 bits per heavy atom. The molecule has 2 N–H and O–H groups in total. The zero-order valence-electron chi connectivity index (χ0n) is 11.1. The number of carbonyl (C=O) groups is 2. The van der Waals surface area contributed by atoms with Gasteiger partial charge in [-0.15, -0.1) is 0 Å². The van der Waals surface area contributed by atoms with Crippen LogP contribution in [0.3, 0.4) is 0 Å². The van der Waals surface area contributed by atoms with Crippen LogP contribution in [0, 0.1) is 5.82 Å². The van der Waals surface area contributed by atoms with Gasteiger partial charge in [0.1, 0.15) is 5.82 Å². The highest BCUT2D eigenvalue weighted by molar-refractivity contribution is 6.05. The third kappa shape index (κ3) is 2.76. The van der Waals surface area contributed by atoms with Crippen LogP contribution in [0.2, 0.25) is 0 Å². The molecule has 4 nitrogen and oxygen atoms in total. The molecule has 1 aliphatic heterocycles. The zero-order valence-corrected chi connectivity index (χ0v) is 11.1. The fraction of sp³-hybridized carbons (Fsp3) is 0.125. The molecule has 2 aromatic carbocycles. The Hall–Kier alpha value is -2.69. The van der Waals surface area contributed by atoms with E-state index in [0.29, 0.717) is 11.4 Å². The number of hydrogen-bond acceptors (Lipinski definition) is 2. The Labute approximate surface area is 121 Å². The van der Waals surface area contributed by atoms with Gasteiger partial charge < -0.3 is 10.6 Å². The first-order chi connectivity index (χ1) is 10.1. The zero-order chi connectivity index (χ0) is 14.8. The summed E-state index contributed by atoms with van der Waals surface area (Å²) in [6.07, 6.45) is 0.0815. The van der Waals surface area contributed by atoms with E-state index < -0.39 is 11.7 Å². The lowest BCUT2D eigenvalue weighted by atomic mass is 9.90. The molecule has 0 radical (unpaired) electrons. The second kappa shape index (κ2) is 5.36. The molecule has 106 valence electrons. The third-order valence-electron chi connectivity index (χ3n) is 3.41. The average molecular weight is 284 g/mol. The number of halogens is 1.